The van der Waals surface area contributed by atoms with E-state index in [1.54, 1.807) is 17.1 Å². The Morgan fingerprint density at radius 3 is 2.62 bits per heavy atom. The van der Waals surface area contributed by atoms with Crippen molar-refractivity contribution in [1.82, 2.24) is 45.0 Å². The molecule has 11 nitrogen and oxygen atoms in total. The van der Waals surface area contributed by atoms with Crippen molar-refractivity contribution in [3.05, 3.63) is 51.9 Å². The number of hydrogen-bond donors (Lipinski definition) is 1. The number of aliphatic carboxylic acids is 1. The predicted molar refractivity (Wildman–Crippen MR) is 102 cm³/mol. The molecule has 4 aromatic rings. The van der Waals surface area contributed by atoms with Crippen LogP contribution in [0, 0.1) is 6.92 Å². The minimum atomic E-state index is -1.06. The van der Waals surface area contributed by atoms with E-state index in [-0.39, 0.29) is 12.4 Å². The Bertz CT molecular complexity index is 1170. The van der Waals surface area contributed by atoms with Gasteiger partial charge < -0.3 is 5.11 Å². The molecule has 4 rings (SSSR count). The van der Waals surface area contributed by atoms with E-state index in [0.717, 1.165) is 15.9 Å². The van der Waals surface area contributed by atoms with Crippen LogP contribution in [0.4, 0.5) is 0 Å². The summed E-state index contributed by atoms with van der Waals surface area (Å²) in [6, 6.07) is 3.67. The SMILES string of the molecule is Cc1c(Cl)cc(Cn2cc(-n3cc(-c4nnn(CC(=O)O)n4)cn3)nn2)cc1Cl. The van der Waals surface area contributed by atoms with Crippen LogP contribution in [0.3, 0.4) is 0 Å². The van der Waals surface area contributed by atoms with E-state index in [4.69, 9.17) is 28.3 Å². The van der Waals surface area contributed by atoms with Crippen molar-refractivity contribution in [3.63, 3.8) is 0 Å². The Hall–Kier alpha value is -3.31. The third-order valence-corrected chi connectivity index (χ3v) is 4.80. The Morgan fingerprint density at radius 2 is 1.90 bits per heavy atom. The van der Waals surface area contributed by atoms with Crippen molar-refractivity contribution in [2.45, 2.75) is 20.0 Å². The van der Waals surface area contributed by atoms with Crippen molar-refractivity contribution in [2.24, 2.45) is 0 Å². The van der Waals surface area contributed by atoms with E-state index < -0.39 is 5.97 Å². The maximum atomic E-state index is 10.7. The van der Waals surface area contributed by atoms with Gasteiger partial charge >= 0.3 is 5.97 Å². The number of carbonyl (C=O) groups is 1. The van der Waals surface area contributed by atoms with Gasteiger partial charge in [-0.1, -0.05) is 28.4 Å². The number of halogens is 2. The second kappa shape index (κ2) is 7.60. The van der Waals surface area contributed by atoms with Gasteiger partial charge in [-0.15, -0.1) is 15.3 Å². The van der Waals surface area contributed by atoms with E-state index in [1.807, 2.05) is 19.1 Å². The first-order valence-corrected chi connectivity index (χ1v) is 9.04. The number of carboxylic acids is 1. The van der Waals surface area contributed by atoms with Crippen molar-refractivity contribution in [1.29, 1.82) is 0 Å². The Balaban J connectivity index is 1.52. The summed E-state index contributed by atoms with van der Waals surface area (Å²) in [6.45, 7) is 1.92. The molecule has 0 spiro atoms. The lowest BCUT2D eigenvalue weighted by atomic mass is 10.1. The highest BCUT2D eigenvalue weighted by molar-refractivity contribution is 6.36. The molecule has 0 saturated carbocycles. The first kappa shape index (κ1) is 19.0. The number of rotatable bonds is 6. The lowest BCUT2D eigenvalue weighted by Gasteiger charge is -2.06. The maximum Gasteiger partial charge on any atom is 0.327 e. The van der Waals surface area contributed by atoms with E-state index in [1.165, 1.54) is 10.9 Å². The van der Waals surface area contributed by atoms with Crippen LogP contribution in [-0.4, -0.2) is 56.1 Å². The largest absolute Gasteiger partial charge is 0.480 e. The van der Waals surface area contributed by atoms with Gasteiger partial charge in [0.05, 0.1) is 24.5 Å². The average molecular weight is 434 g/mol. The van der Waals surface area contributed by atoms with Crippen molar-refractivity contribution in [2.75, 3.05) is 0 Å². The summed E-state index contributed by atoms with van der Waals surface area (Å²) < 4.78 is 3.14. The van der Waals surface area contributed by atoms with Gasteiger partial charge in [-0.3, -0.25) is 4.79 Å². The van der Waals surface area contributed by atoms with Gasteiger partial charge in [0.2, 0.25) is 5.82 Å². The van der Waals surface area contributed by atoms with Crippen LogP contribution in [0.5, 0.6) is 0 Å². The molecule has 3 heterocycles. The number of nitrogens with zero attached hydrogens (tertiary/aromatic N) is 9. The van der Waals surface area contributed by atoms with Crippen LogP contribution in [0.1, 0.15) is 11.1 Å². The van der Waals surface area contributed by atoms with Crippen LogP contribution in [-0.2, 0) is 17.9 Å². The van der Waals surface area contributed by atoms with E-state index in [2.05, 4.69) is 30.8 Å². The Kier molecular flexibility index (Phi) is 4.99. The molecule has 0 bridgehead atoms. The zero-order chi connectivity index (χ0) is 20.5. The summed E-state index contributed by atoms with van der Waals surface area (Å²) in [4.78, 5) is 11.7. The number of aromatic nitrogens is 9. The molecule has 0 aliphatic carbocycles. The van der Waals surface area contributed by atoms with Crippen LogP contribution >= 0.6 is 23.2 Å². The van der Waals surface area contributed by atoms with Crippen LogP contribution < -0.4 is 0 Å². The minimum absolute atomic E-state index is 0.258. The number of tetrazole rings is 1. The third-order valence-electron chi connectivity index (χ3n) is 4.02. The average Bonchev–Trinajstić information content (AvgIpc) is 3.39. The molecule has 0 saturated heterocycles. The Morgan fingerprint density at radius 1 is 1.14 bits per heavy atom. The molecule has 0 aliphatic rings. The molecule has 29 heavy (non-hydrogen) atoms. The van der Waals surface area contributed by atoms with Gasteiger partial charge in [-0.2, -0.15) is 9.90 Å². The van der Waals surface area contributed by atoms with Crippen LogP contribution in [0.25, 0.3) is 17.2 Å². The molecule has 0 atom stereocenters. The van der Waals surface area contributed by atoms with E-state index in [9.17, 15) is 4.79 Å². The molecular weight excluding hydrogens is 421 g/mol. The minimum Gasteiger partial charge on any atom is -0.480 e. The van der Waals surface area contributed by atoms with Crippen molar-refractivity contribution >= 4 is 29.2 Å². The highest BCUT2D eigenvalue weighted by atomic mass is 35.5. The highest BCUT2D eigenvalue weighted by Crippen LogP contribution is 2.26. The zero-order valence-electron chi connectivity index (χ0n) is 14.9. The summed E-state index contributed by atoms with van der Waals surface area (Å²) in [6.07, 6.45) is 4.89. The molecule has 148 valence electrons. The normalized spacial score (nSPS) is 11.1. The fourth-order valence-electron chi connectivity index (χ4n) is 2.56. The van der Waals surface area contributed by atoms with Crippen LogP contribution in [0.2, 0.25) is 10.0 Å². The summed E-state index contributed by atoms with van der Waals surface area (Å²) >= 11 is 12.4. The van der Waals surface area contributed by atoms with Gasteiger partial charge in [0.25, 0.3) is 0 Å². The molecule has 0 amide bonds. The number of hydrogen-bond acceptors (Lipinski definition) is 7. The summed E-state index contributed by atoms with van der Waals surface area (Å²) in [5, 5.41) is 33.9. The first-order valence-electron chi connectivity index (χ1n) is 8.29. The molecule has 0 radical (unpaired) electrons. The first-order chi connectivity index (χ1) is 13.9. The van der Waals surface area contributed by atoms with Gasteiger partial charge in [0, 0.05) is 16.2 Å². The summed E-state index contributed by atoms with van der Waals surface area (Å²) in [5.41, 5.74) is 2.28. The predicted octanol–water partition coefficient (Wildman–Crippen LogP) is 1.87. The molecule has 3 aromatic heterocycles. The van der Waals surface area contributed by atoms with Gasteiger partial charge in [-0.25, -0.2) is 9.36 Å². The Labute approximate surface area is 173 Å². The number of benzene rings is 1. The zero-order valence-corrected chi connectivity index (χ0v) is 16.4. The van der Waals surface area contributed by atoms with Gasteiger partial charge in [0.15, 0.2) is 12.4 Å². The summed E-state index contributed by atoms with van der Waals surface area (Å²) in [7, 11) is 0. The lowest BCUT2D eigenvalue weighted by molar-refractivity contribution is -0.138. The van der Waals surface area contributed by atoms with E-state index >= 15 is 0 Å². The van der Waals surface area contributed by atoms with Gasteiger partial charge in [-0.05, 0) is 35.4 Å². The summed E-state index contributed by atoms with van der Waals surface area (Å²) in [5.74, 6) is -0.315. The van der Waals surface area contributed by atoms with Gasteiger partial charge in [0.1, 0.15) is 0 Å². The maximum absolute atomic E-state index is 10.7. The molecule has 13 heteroatoms. The number of carboxylic acid groups (broad SMARTS) is 1. The standard InChI is InChI=1S/C16H13Cl2N9O2/c1-9-12(17)2-10(3-13(9)18)5-25-7-14(20-23-25)26-6-11(4-19-26)16-21-24-27(22-16)8-15(28)29/h2-4,6-7H,5,8H2,1H3,(H,28,29). The third kappa shape index (κ3) is 4.10. The second-order valence-corrected chi connectivity index (χ2v) is 6.98. The topological polar surface area (TPSA) is 129 Å². The second-order valence-electron chi connectivity index (χ2n) is 6.17. The molecular formula is C16H13Cl2N9O2. The van der Waals surface area contributed by atoms with Crippen molar-refractivity contribution < 1.29 is 9.90 Å². The lowest BCUT2D eigenvalue weighted by Crippen LogP contribution is -2.11. The van der Waals surface area contributed by atoms with E-state index in [0.29, 0.717) is 28.0 Å². The fraction of sp³-hybridized carbons (Fsp3) is 0.188. The molecule has 1 aromatic carbocycles. The molecule has 0 unspecified atom stereocenters. The fourth-order valence-corrected chi connectivity index (χ4v) is 3.09. The monoisotopic (exact) mass is 433 g/mol. The molecule has 0 fully saturated rings. The van der Waals surface area contributed by atoms with Crippen molar-refractivity contribution in [3.8, 4) is 17.2 Å². The highest BCUT2D eigenvalue weighted by Gasteiger charge is 2.13. The molecule has 1 N–H and O–H groups in total. The smallest absolute Gasteiger partial charge is 0.327 e. The molecule has 0 aliphatic heterocycles. The van der Waals surface area contributed by atoms with Crippen LogP contribution in [0.15, 0.2) is 30.7 Å². The quantitative estimate of drug-likeness (QED) is 0.487.